The lowest BCUT2D eigenvalue weighted by atomic mass is 9.99. The van der Waals surface area contributed by atoms with E-state index in [9.17, 15) is 4.79 Å². The number of piperazine rings is 1. The van der Waals surface area contributed by atoms with Gasteiger partial charge in [0.05, 0.1) is 5.69 Å². The monoisotopic (exact) mass is 401 g/mol. The van der Waals surface area contributed by atoms with Crippen LogP contribution in [0.15, 0.2) is 58.7 Å². The lowest BCUT2D eigenvalue weighted by molar-refractivity contribution is -0.110. The van der Waals surface area contributed by atoms with Crippen molar-refractivity contribution in [2.45, 2.75) is 20.3 Å². The zero-order valence-corrected chi connectivity index (χ0v) is 17.6. The maximum Gasteiger partial charge on any atom is 0.256 e. The van der Waals surface area contributed by atoms with Gasteiger partial charge < -0.3 is 14.6 Å². The minimum absolute atomic E-state index is 0.0186. The van der Waals surface area contributed by atoms with Gasteiger partial charge in [-0.1, -0.05) is 23.8 Å². The minimum atomic E-state index is 0.0186. The summed E-state index contributed by atoms with van der Waals surface area (Å²) in [5, 5.41) is 4.17. The molecule has 0 radical (unpaired) electrons. The van der Waals surface area contributed by atoms with Gasteiger partial charge in [0, 0.05) is 54.9 Å². The third-order valence-electron chi connectivity index (χ3n) is 6.22. The van der Waals surface area contributed by atoms with Gasteiger partial charge in [0.25, 0.3) is 5.91 Å². The van der Waals surface area contributed by atoms with Crippen LogP contribution < -0.4 is 10.2 Å². The molecule has 3 heterocycles. The van der Waals surface area contributed by atoms with Gasteiger partial charge in [0.1, 0.15) is 11.8 Å². The number of nitrogens with one attached hydrogen (secondary N) is 1. The second-order valence-electron chi connectivity index (χ2n) is 8.40. The summed E-state index contributed by atoms with van der Waals surface area (Å²) < 4.78 is 5.72. The lowest BCUT2D eigenvalue weighted by Crippen LogP contribution is -2.46. The van der Waals surface area contributed by atoms with Crippen LogP contribution in [0.25, 0.3) is 16.5 Å². The molecule has 0 unspecified atom stereocenters. The van der Waals surface area contributed by atoms with Crippen molar-refractivity contribution in [1.29, 1.82) is 0 Å². The van der Waals surface area contributed by atoms with Crippen LogP contribution in [0.1, 0.15) is 25.0 Å². The third kappa shape index (κ3) is 3.39. The normalized spacial score (nSPS) is 16.8. The van der Waals surface area contributed by atoms with Gasteiger partial charge in [-0.15, -0.1) is 0 Å². The van der Waals surface area contributed by atoms with Crippen molar-refractivity contribution in [2.75, 3.05) is 42.9 Å². The first kappa shape index (κ1) is 18.9. The van der Waals surface area contributed by atoms with Crippen LogP contribution in [0.5, 0.6) is 0 Å². The Morgan fingerprint density at radius 3 is 2.67 bits per heavy atom. The molecule has 0 saturated carbocycles. The van der Waals surface area contributed by atoms with Crippen molar-refractivity contribution in [2.24, 2.45) is 0 Å². The Bertz CT molecular complexity index is 1130. The minimum Gasteiger partial charge on any atom is -0.462 e. The van der Waals surface area contributed by atoms with Crippen molar-refractivity contribution >= 4 is 33.8 Å². The molecule has 5 nitrogen and oxygen atoms in total. The van der Waals surface area contributed by atoms with Gasteiger partial charge in [-0.3, -0.25) is 9.69 Å². The maximum absolute atomic E-state index is 12.2. The number of para-hydroxylation sites is 1. The highest BCUT2D eigenvalue weighted by Gasteiger charge is 2.25. The zero-order valence-electron chi connectivity index (χ0n) is 17.6. The Balaban J connectivity index is 1.21. The molecule has 0 bridgehead atoms. The van der Waals surface area contributed by atoms with Crippen LogP contribution in [0, 0.1) is 0 Å². The first-order valence-electron chi connectivity index (χ1n) is 10.7. The standard InChI is InChI=1S/C25H27N3O2/c1-17(2)24-20-15-18(7-8-21(20)26-25(24)29)9-10-27-11-13-28(14-12-27)22-16-30-23-6-4-3-5-19(22)23/h3-8,15-16H,9-14H2,1-2H3,(H,26,29). The van der Waals surface area contributed by atoms with Gasteiger partial charge >= 0.3 is 0 Å². The number of allylic oxidation sites excluding steroid dienone is 1. The number of amides is 1. The number of benzene rings is 2. The molecule has 0 spiro atoms. The van der Waals surface area contributed by atoms with E-state index in [2.05, 4.69) is 39.4 Å². The molecule has 1 fully saturated rings. The summed E-state index contributed by atoms with van der Waals surface area (Å²) in [5.74, 6) is 0.0186. The number of fused-ring (bicyclic) bond motifs is 2. The Labute approximate surface area is 177 Å². The van der Waals surface area contributed by atoms with Crippen molar-refractivity contribution in [1.82, 2.24) is 4.90 Å². The highest BCUT2D eigenvalue weighted by molar-refractivity contribution is 6.32. The summed E-state index contributed by atoms with van der Waals surface area (Å²) >= 11 is 0. The smallest absolute Gasteiger partial charge is 0.256 e. The SMILES string of the molecule is CC(C)=C1C(=O)Nc2ccc(CCN3CCN(c4coc5ccccc45)CC3)cc21. The van der Waals surface area contributed by atoms with Gasteiger partial charge in [-0.2, -0.15) is 0 Å². The Morgan fingerprint density at radius 2 is 1.87 bits per heavy atom. The molecule has 2 aromatic carbocycles. The first-order valence-corrected chi connectivity index (χ1v) is 10.7. The fraction of sp³-hybridized carbons (Fsp3) is 0.320. The van der Waals surface area contributed by atoms with Crippen LogP contribution >= 0.6 is 0 Å². The van der Waals surface area contributed by atoms with Crippen LogP contribution in [-0.2, 0) is 11.2 Å². The van der Waals surface area contributed by atoms with Gasteiger partial charge in [0.15, 0.2) is 0 Å². The maximum atomic E-state index is 12.2. The summed E-state index contributed by atoms with van der Waals surface area (Å²) in [7, 11) is 0. The van der Waals surface area contributed by atoms with E-state index in [-0.39, 0.29) is 5.91 Å². The van der Waals surface area contributed by atoms with E-state index in [1.165, 1.54) is 16.6 Å². The molecule has 1 N–H and O–H groups in total. The molecule has 154 valence electrons. The molecule has 3 aromatic rings. The molecule has 5 rings (SSSR count). The summed E-state index contributed by atoms with van der Waals surface area (Å²) in [5.41, 5.74) is 7.31. The molecular formula is C25H27N3O2. The van der Waals surface area contributed by atoms with Crippen molar-refractivity contribution in [3.8, 4) is 0 Å². The van der Waals surface area contributed by atoms with Gasteiger partial charge in [-0.25, -0.2) is 0 Å². The number of carbonyl (C=O) groups excluding carboxylic acids is 1. The average molecular weight is 402 g/mol. The zero-order chi connectivity index (χ0) is 20.7. The number of nitrogens with zero attached hydrogens (tertiary/aromatic N) is 2. The van der Waals surface area contributed by atoms with Crippen LogP contribution in [-0.4, -0.2) is 43.5 Å². The van der Waals surface area contributed by atoms with Crippen molar-refractivity contribution in [3.05, 3.63) is 65.4 Å². The van der Waals surface area contributed by atoms with E-state index < -0.39 is 0 Å². The van der Waals surface area contributed by atoms with Crippen molar-refractivity contribution in [3.63, 3.8) is 0 Å². The summed E-state index contributed by atoms with van der Waals surface area (Å²) in [6, 6.07) is 14.6. The molecule has 2 aliphatic rings. The van der Waals surface area contributed by atoms with E-state index in [1.54, 1.807) is 0 Å². The number of rotatable bonds is 4. The highest BCUT2D eigenvalue weighted by Crippen LogP contribution is 2.34. The number of furan rings is 1. The quantitative estimate of drug-likeness (QED) is 0.652. The Kier molecular flexibility index (Phi) is 4.83. The molecule has 1 aromatic heterocycles. The fourth-order valence-corrected chi connectivity index (χ4v) is 4.57. The van der Waals surface area contributed by atoms with Gasteiger partial charge in [0.2, 0.25) is 0 Å². The van der Waals surface area contributed by atoms with E-state index in [0.717, 1.165) is 67.1 Å². The van der Waals surface area contributed by atoms with E-state index in [4.69, 9.17) is 4.42 Å². The highest BCUT2D eigenvalue weighted by atomic mass is 16.3. The summed E-state index contributed by atoms with van der Waals surface area (Å²) in [6.07, 6.45) is 2.88. The second kappa shape index (κ2) is 7.65. The number of anilines is 2. The molecular weight excluding hydrogens is 374 g/mol. The van der Waals surface area contributed by atoms with E-state index in [1.807, 2.05) is 38.3 Å². The molecule has 2 aliphatic heterocycles. The van der Waals surface area contributed by atoms with Crippen LogP contribution in [0.4, 0.5) is 11.4 Å². The lowest BCUT2D eigenvalue weighted by Gasteiger charge is -2.35. The molecule has 1 saturated heterocycles. The Hall–Kier alpha value is -3.05. The second-order valence-corrected chi connectivity index (χ2v) is 8.40. The number of hydrogen-bond donors (Lipinski definition) is 1. The molecule has 0 atom stereocenters. The average Bonchev–Trinajstić information content (AvgIpc) is 3.32. The van der Waals surface area contributed by atoms with E-state index in [0.29, 0.717) is 0 Å². The number of carbonyl (C=O) groups is 1. The fourth-order valence-electron chi connectivity index (χ4n) is 4.57. The van der Waals surface area contributed by atoms with E-state index >= 15 is 0 Å². The predicted octanol–water partition coefficient (Wildman–Crippen LogP) is 4.54. The van der Waals surface area contributed by atoms with Crippen LogP contribution in [0.3, 0.4) is 0 Å². The molecule has 30 heavy (non-hydrogen) atoms. The number of hydrogen-bond acceptors (Lipinski definition) is 4. The predicted molar refractivity (Wildman–Crippen MR) is 122 cm³/mol. The molecule has 5 heteroatoms. The molecule has 0 aliphatic carbocycles. The molecule has 1 amide bonds. The van der Waals surface area contributed by atoms with Crippen LogP contribution in [0.2, 0.25) is 0 Å². The Morgan fingerprint density at radius 1 is 1.07 bits per heavy atom. The summed E-state index contributed by atoms with van der Waals surface area (Å²) in [6.45, 7) is 9.14. The summed E-state index contributed by atoms with van der Waals surface area (Å²) in [4.78, 5) is 17.2. The van der Waals surface area contributed by atoms with Gasteiger partial charge in [-0.05, 0) is 50.1 Å². The third-order valence-corrected chi connectivity index (χ3v) is 6.22. The topological polar surface area (TPSA) is 48.7 Å². The largest absolute Gasteiger partial charge is 0.462 e. The first-order chi connectivity index (χ1) is 14.6. The van der Waals surface area contributed by atoms with Crippen molar-refractivity contribution < 1.29 is 9.21 Å².